The van der Waals surface area contributed by atoms with Gasteiger partial charge in [-0.25, -0.2) is 0 Å². The molecule has 1 aliphatic rings. The molecule has 1 aromatic heterocycles. The van der Waals surface area contributed by atoms with Gasteiger partial charge in [0.25, 0.3) is 11.8 Å². The molecule has 0 bridgehead atoms. The Hall–Kier alpha value is -2.90. The van der Waals surface area contributed by atoms with Crippen molar-refractivity contribution in [2.75, 3.05) is 33.4 Å². The maximum Gasteiger partial charge on any atom is 0.261 e. The predicted molar refractivity (Wildman–Crippen MR) is 122 cm³/mol. The Balaban J connectivity index is 1.64. The van der Waals surface area contributed by atoms with Crippen LogP contribution in [-0.4, -0.2) is 55.2 Å². The Kier molecular flexibility index (Phi) is 6.25. The normalized spacial score (nSPS) is 16.0. The number of ether oxygens (including phenoxy) is 1. The highest BCUT2D eigenvalue weighted by molar-refractivity contribution is 7.21. The third kappa shape index (κ3) is 4.03. The number of thiophene rings is 1. The average molecular weight is 439 g/mol. The molecule has 0 spiro atoms. The van der Waals surface area contributed by atoms with Crippen molar-refractivity contribution in [1.29, 1.82) is 0 Å². The number of nitrogens with zero attached hydrogens (tertiary/aromatic N) is 1. The van der Waals surface area contributed by atoms with Gasteiger partial charge in [0.05, 0.1) is 24.2 Å². The molecule has 0 radical (unpaired) electrons. The smallest absolute Gasteiger partial charge is 0.261 e. The quantitative estimate of drug-likeness (QED) is 0.617. The largest absolute Gasteiger partial charge is 0.496 e. The lowest BCUT2D eigenvalue weighted by Crippen LogP contribution is -2.29. The standard InChI is InChI=1S/C24H26N2O4S/c1-15-6-5-8-18(21(15)30-2)24(29)26-12-10-16(14-26)20-17-7-3-4-9-19(17)31-22(20)23(28)25-11-13-27/h3-9,16,27H,10-14H2,1-2H3,(H,25,28)/t16-/m0/s1. The number of fused-ring (bicyclic) bond motifs is 1. The molecule has 6 nitrogen and oxygen atoms in total. The molecule has 2 aromatic carbocycles. The van der Waals surface area contributed by atoms with E-state index in [1.165, 1.54) is 11.3 Å². The van der Waals surface area contributed by atoms with E-state index in [1.807, 2.05) is 48.2 Å². The molecule has 0 saturated carbocycles. The first-order valence-electron chi connectivity index (χ1n) is 10.4. The number of hydrogen-bond acceptors (Lipinski definition) is 5. The molecule has 1 atom stereocenters. The fraction of sp³-hybridized carbons (Fsp3) is 0.333. The molecule has 1 saturated heterocycles. The van der Waals surface area contributed by atoms with Crippen LogP contribution in [0, 0.1) is 6.92 Å². The van der Waals surface area contributed by atoms with E-state index in [0.717, 1.165) is 27.6 Å². The number of amides is 2. The van der Waals surface area contributed by atoms with Gasteiger partial charge in [-0.1, -0.05) is 30.3 Å². The number of carbonyl (C=O) groups is 2. The van der Waals surface area contributed by atoms with Gasteiger partial charge in [-0.05, 0) is 42.0 Å². The first-order chi connectivity index (χ1) is 15.0. The number of carbonyl (C=O) groups excluding carboxylic acids is 2. The Labute approximate surface area is 185 Å². The van der Waals surface area contributed by atoms with E-state index in [2.05, 4.69) is 5.32 Å². The van der Waals surface area contributed by atoms with E-state index in [0.29, 0.717) is 29.3 Å². The third-order valence-electron chi connectivity index (χ3n) is 5.77. The molecule has 2 amide bonds. The predicted octanol–water partition coefficient (Wildman–Crippen LogP) is 3.57. The SMILES string of the molecule is COc1c(C)cccc1C(=O)N1CC[C@H](c2c(C(=O)NCCO)sc3ccccc23)C1. The number of aliphatic hydroxyl groups is 1. The number of aliphatic hydroxyl groups excluding tert-OH is 1. The lowest BCUT2D eigenvalue weighted by Gasteiger charge is -2.19. The van der Waals surface area contributed by atoms with Gasteiger partial charge in [-0.3, -0.25) is 9.59 Å². The molecule has 2 N–H and O–H groups in total. The number of aryl methyl sites for hydroxylation is 1. The zero-order chi connectivity index (χ0) is 22.0. The summed E-state index contributed by atoms with van der Waals surface area (Å²) < 4.78 is 6.54. The Morgan fingerprint density at radius 2 is 2.03 bits per heavy atom. The van der Waals surface area contributed by atoms with Gasteiger partial charge in [0.2, 0.25) is 0 Å². The second-order valence-electron chi connectivity index (χ2n) is 7.71. The topological polar surface area (TPSA) is 78.9 Å². The van der Waals surface area contributed by atoms with Crippen molar-refractivity contribution in [2.24, 2.45) is 0 Å². The molecule has 0 unspecified atom stereocenters. The fourth-order valence-corrected chi connectivity index (χ4v) is 5.54. The second kappa shape index (κ2) is 9.08. The number of nitrogens with one attached hydrogen (secondary N) is 1. The van der Waals surface area contributed by atoms with Crippen LogP contribution in [0.2, 0.25) is 0 Å². The lowest BCUT2D eigenvalue weighted by molar-refractivity contribution is 0.0787. The van der Waals surface area contributed by atoms with Gasteiger partial charge in [0, 0.05) is 30.3 Å². The summed E-state index contributed by atoms with van der Waals surface area (Å²) in [5.74, 6) is 0.469. The second-order valence-corrected chi connectivity index (χ2v) is 8.77. The van der Waals surface area contributed by atoms with Gasteiger partial charge in [-0.15, -0.1) is 11.3 Å². The molecule has 7 heteroatoms. The number of para-hydroxylation sites is 1. The molecule has 3 aromatic rings. The van der Waals surface area contributed by atoms with E-state index in [-0.39, 0.29) is 30.9 Å². The van der Waals surface area contributed by atoms with E-state index in [4.69, 9.17) is 9.84 Å². The molecular formula is C24H26N2O4S. The van der Waals surface area contributed by atoms with Crippen LogP contribution in [0.15, 0.2) is 42.5 Å². The summed E-state index contributed by atoms with van der Waals surface area (Å²) in [4.78, 5) is 28.6. The summed E-state index contributed by atoms with van der Waals surface area (Å²) in [7, 11) is 1.58. The highest BCUT2D eigenvalue weighted by atomic mass is 32.1. The van der Waals surface area contributed by atoms with E-state index in [9.17, 15) is 9.59 Å². The van der Waals surface area contributed by atoms with Crippen LogP contribution in [0.5, 0.6) is 5.75 Å². The van der Waals surface area contributed by atoms with Gasteiger partial charge < -0.3 is 20.1 Å². The molecule has 2 heterocycles. The van der Waals surface area contributed by atoms with Crippen LogP contribution < -0.4 is 10.1 Å². The fourth-order valence-electron chi connectivity index (χ4n) is 4.33. The number of benzene rings is 2. The van der Waals surface area contributed by atoms with Crippen molar-refractivity contribution in [3.63, 3.8) is 0 Å². The zero-order valence-electron chi connectivity index (χ0n) is 17.7. The molecule has 1 fully saturated rings. The monoisotopic (exact) mass is 438 g/mol. The lowest BCUT2D eigenvalue weighted by atomic mass is 9.95. The molecule has 1 aliphatic heterocycles. The van der Waals surface area contributed by atoms with Crippen LogP contribution in [-0.2, 0) is 0 Å². The average Bonchev–Trinajstić information content (AvgIpc) is 3.41. The Bertz CT molecular complexity index is 1120. The summed E-state index contributed by atoms with van der Waals surface area (Å²) in [6, 6.07) is 13.6. The molecule has 162 valence electrons. The number of hydrogen-bond donors (Lipinski definition) is 2. The summed E-state index contributed by atoms with van der Waals surface area (Å²) in [6.45, 7) is 3.22. The minimum atomic E-state index is -0.171. The first kappa shape index (κ1) is 21.3. The van der Waals surface area contributed by atoms with E-state index < -0.39 is 0 Å². The van der Waals surface area contributed by atoms with Crippen molar-refractivity contribution in [2.45, 2.75) is 19.3 Å². The van der Waals surface area contributed by atoms with Gasteiger partial charge >= 0.3 is 0 Å². The third-order valence-corrected chi connectivity index (χ3v) is 6.95. The van der Waals surface area contributed by atoms with Crippen molar-refractivity contribution >= 4 is 33.2 Å². The molecule has 31 heavy (non-hydrogen) atoms. The van der Waals surface area contributed by atoms with Crippen molar-refractivity contribution in [3.05, 3.63) is 64.0 Å². The summed E-state index contributed by atoms with van der Waals surface area (Å²) in [5, 5.41) is 12.9. The van der Waals surface area contributed by atoms with Crippen LogP contribution in [0.4, 0.5) is 0 Å². The van der Waals surface area contributed by atoms with Crippen molar-refractivity contribution in [1.82, 2.24) is 10.2 Å². The zero-order valence-corrected chi connectivity index (χ0v) is 18.5. The van der Waals surface area contributed by atoms with E-state index >= 15 is 0 Å². The van der Waals surface area contributed by atoms with Crippen molar-refractivity contribution < 1.29 is 19.4 Å². The minimum Gasteiger partial charge on any atom is -0.496 e. The van der Waals surface area contributed by atoms with Crippen LogP contribution in [0.1, 0.15) is 43.5 Å². The summed E-state index contributed by atoms with van der Waals surface area (Å²) >= 11 is 1.47. The van der Waals surface area contributed by atoms with Gasteiger partial charge in [-0.2, -0.15) is 0 Å². The van der Waals surface area contributed by atoms with Gasteiger partial charge in [0.15, 0.2) is 0 Å². The van der Waals surface area contributed by atoms with Crippen LogP contribution in [0.3, 0.4) is 0 Å². The van der Waals surface area contributed by atoms with Gasteiger partial charge in [0.1, 0.15) is 5.75 Å². The number of likely N-dealkylation sites (tertiary alicyclic amines) is 1. The summed E-state index contributed by atoms with van der Waals surface area (Å²) in [6.07, 6.45) is 0.793. The maximum absolute atomic E-state index is 13.3. The molecule has 0 aliphatic carbocycles. The van der Waals surface area contributed by atoms with Crippen LogP contribution in [0.25, 0.3) is 10.1 Å². The highest BCUT2D eigenvalue weighted by Gasteiger charge is 2.33. The molecular weight excluding hydrogens is 412 g/mol. The minimum absolute atomic E-state index is 0.0473. The molecule has 4 rings (SSSR count). The van der Waals surface area contributed by atoms with Crippen molar-refractivity contribution in [3.8, 4) is 5.75 Å². The maximum atomic E-state index is 13.3. The first-order valence-corrected chi connectivity index (χ1v) is 11.2. The van der Waals surface area contributed by atoms with Crippen LogP contribution >= 0.6 is 11.3 Å². The number of rotatable bonds is 6. The Morgan fingerprint density at radius 3 is 2.81 bits per heavy atom. The highest BCUT2D eigenvalue weighted by Crippen LogP contribution is 2.40. The number of methoxy groups -OCH3 is 1. The Morgan fingerprint density at radius 1 is 1.23 bits per heavy atom. The summed E-state index contributed by atoms with van der Waals surface area (Å²) in [5.41, 5.74) is 2.50. The van der Waals surface area contributed by atoms with E-state index in [1.54, 1.807) is 13.2 Å².